The van der Waals surface area contributed by atoms with E-state index in [4.69, 9.17) is 0 Å². The predicted molar refractivity (Wildman–Crippen MR) is 69.9 cm³/mol. The number of rotatable bonds is 2. The molecule has 1 amide bonds. The van der Waals surface area contributed by atoms with Crippen molar-refractivity contribution in [3.63, 3.8) is 0 Å². The Bertz CT molecular complexity index is 751. The van der Waals surface area contributed by atoms with Gasteiger partial charge < -0.3 is 15.4 Å². The Hall–Kier alpha value is -2.89. The molecule has 3 rings (SSSR count). The summed E-state index contributed by atoms with van der Waals surface area (Å²) in [5.41, 5.74) is 1.09. The molecule has 6 heteroatoms. The number of nitrogens with one attached hydrogen (secondary N) is 2. The summed E-state index contributed by atoms with van der Waals surface area (Å²) in [6.45, 7) is 0. The van der Waals surface area contributed by atoms with Crippen molar-refractivity contribution in [2.75, 3.05) is 5.32 Å². The van der Waals surface area contributed by atoms with Gasteiger partial charge in [0.05, 0.1) is 5.56 Å². The average molecular weight is 254 g/mol. The van der Waals surface area contributed by atoms with Crippen molar-refractivity contribution in [3.05, 3.63) is 48.4 Å². The second-order valence-corrected chi connectivity index (χ2v) is 3.93. The van der Waals surface area contributed by atoms with E-state index in [1.54, 1.807) is 30.6 Å². The summed E-state index contributed by atoms with van der Waals surface area (Å²) in [6, 6.07) is 6.59. The number of anilines is 1. The summed E-state index contributed by atoms with van der Waals surface area (Å²) in [7, 11) is 0. The molecule has 0 aliphatic heterocycles. The summed E-state index contributed by atoms with van der Waals surface area (Å²) >= 11 is 0. The molecule has 0 aliphatic rings. The lowest BCUT2D eigenvalue weighted by Crippen LogP contribution is -2.12. The van der Waals surface area contributed by atoms with Crippen LogP contribution in [0.2, 0.25) is 0 Å². The Morgan fingerprint density at radius 3 is 2.84 bits per heavy atom. The first-order valence-electron chi connectivity index (χ1n) is 5.63. The lowest BCUT2D eigenvalue weighted by molar-refractivity contribution is 0.102. The van der Waals surface area contributed by atoms with Crippen LogP contribution in [0.5, 0.6) is 5.75 Å². The van der Waals surface area contributed by atoms with E-state index in [9.17, 15) is 9.90 Å². The maximum atomic E-state index is 12.1. The molecule has 3 aromatic rings. The SMILES string of the molecule is O=C(Nc1ncccc1O)c1c[nH]c2ncccc12. The summed E-state index contributed by atoms with van der Waals surface area (Å²) in [5, 5.41) is 12.8. The lowest BCUT2D eigenvalue weighted by atomic mass is 10.2. The van der Waals surface area contributed by atoms with Crippen LogP contribution >= 0.6 is 0 Å². The number of hydrogen-bond donors (Lipinski definition) is 3. The Labute approximate surface area is 108 Å². The molecule has 3 N–H and O–H groups in total. The first-order chi connectivity index (χ1) is 9.25. The molecule has 0 aliphatic carbocycles. The summed E-state index contributed by atoms with van der Waals surface area (Å²) in [5.74, 6) is -0.298. The first-order valence-corrected chi connectivity index (χ1v) is 5.63. The maximum Gasteiger partial charge on any atom is 0.259 e. The number of aromatic hydroxyl groups is 1. The smallest absolute Gasteiger partial charge is 0.259 e. The summed E-state index contributed by atoms with van der Waals surface area (Å²) in [6.07, 6.45) is 4.71. The standard InChI is InChI=1S/C13H10N4O2/c18-10-4-2-6-15-12(10)17-13(19)9-7-16-11-8(9)3-1-5-14-11/h1-7,18H,(H,14,16)(H,15,17,19). The second kappa shape index (κ2) is 4.41. The van der Waals surface area contributed by atoms with Gasteiger partial charge in [0.25, 0.3) is 5.91 Å². The van der Waals surface area contributed by atoms with Crippen LogP contribution in [0.1, 0.15) is 10.4 Å². The summed E-state index contributed by atoms with van der Waals surface area (Å²) in [4.78, 5) is 23.1. The number of nitrogens with zero attached hydrogens (tertiary/aromatic N) is 2. The molecule has 19 heavy (non-hydrogen) atoms. The molecule has 0 aromatic carbocycles. The molecule has 94 valence electrons. The van der Waals surface area contributed by atoms with Gasteiger partial charge in [0.1, 0.15) is 5.65 Å². The molecular formula is C13H10N4O2. The van der Waals surface area contributed by atoms with Crippen molar-refractivity contribution in [1.82, 2.24) is 15.0 Å². The fraction of sp³-hybridized carbons (Fsp3) is 0. The van der Waals surface area contributed by atoms with Crippen LogP contribution in [0, 0.1) is 0 Å². The Morgan fingerprint density at radius 2 is 2.00 bits per heavy atom. The number of hydrogen-bond acceptors (Lipinski definition) is 4. The number of amides is 1. The van der Waals surface area contributed by atoms with Crippen molar-refractivity contribution < 1.29 is 9.90 Å². The second-order valence-electron chi connectivity index (χ2n) is 3.93. The van der Waals surface area contributed by atoms with Gasteiger partial charge in [-0.25, -0.2) is 9.97 Å². The van der Waals surface area contributed by atoms with Gasteiger partial charge in [0.2, 0.25) is 0 Å². The molecule has 0 unspecified atom stereocenters. The van der Waals surface area contributed by atoms with Gasteiger partial charge in [0, 0.05) is 24.0 Å². The summed E-state index contributed by atoms with van der Waals surface area (Å²) < 4.78 is 0. The minimum absolute atomic E-state index is 0.0752. The third-order valence-corrected chi connectivity index (χ3v) is 2.71. The number of aromatic nitrogens is 3. The molecule has 0 saturated heterocycles. The van der Waals surface area contributed by atoms with E-state index in [0.717, 1.165) is 5.39 Å². The van der Waals surface area contributed by atoms with Gasteiger partial charge in [-0.1, -0.05) is 0 Å². The van der Waals surface area contributed by atoms with Crippen LogP contribution in [-0.4, -0.2) is 26.0 Å². The quantitative estimate of drug-likeness (QED) is 0.651. The lowest BCUT2D eigenvalue weighted by Gasteiger charge is -2.04. The van der Waals surface area contributed by atoms with E-state index in [-0.39, 0.29) is 17.5 Å². The number of carbonyl (C=O) groups excluding carboxylic acids is 1. The molecule has 0 fully saturated rings. The Kier molecular flexibility index (Phi) is 2.60. The van der Waals surface area contributed by atoms with Crippen LogP contribution in [0.3, 0.4) is 0 Å². The monoisotopic (exact) mass is 254 g/mol. The fourth-order valence-corrected chi connectivity index (χ4v) is 1.81. The molecule has 3 aromatic heterocycles. The van der Waals surface area contributed by atoms with Gasteiger partial charge in [-0.05, 0) is 24.3 Å². The van der Waals surface area contributed by atoms with Crippen LogP contribution in [0.4, 0.5) is 5.82 Å². The number of pyridine rings is 2. The highest BCUT2D eigenvalue weighted by Crippen LogP contribution is 2.21. The zero-order valence-corrected chi connectivity index (χ0v) is 9.79. The van der Waals surface area contributed by atoms with Gasteiger partial charge in [-0.2, -0.15) is 0 Å². The van der Waals surface area contributed by atoms with E-state index >= 15 is 0 Å². The molecule has 3 heterocycles. The van der Waals surface area contributed by atoms with Crippen molar-refractivity contribution in [1.29, 1.82) is 0 Å². The Morgan fingerprint density at radius 1 is 1.21 bits per heavy atom. The van der Waals surface area contributed by atoms with Crippen molar-refractivity contribution in [3.8, 4) is 5.75 Å². The zero-order valence-electron chi connectivity index (χ0n) is 9.79. The normalized spacial score (nSPS) is 10.5. The molecular weight excluding hydrogens is 244 g/mol. The minimum atomic E-state index is -0.353. The van der Waals surface area contributed by atoms with Crippen LogP contribution in [0.25, 0.3) is 11.0 Å². The van der Waals surface area contributed by atoms with Crippen LogP contribution in [0.15, 0.2) is 42.9 Å². The van der Waals surface area contributed by atoms with Gasteiger partial charge in [-0.15, -0.1) is 0 Å². The largest absolute Gasteiger partial charge is 0.504 e. The third kappa shape index (κ3) is 1.99. The molecule has 0 spiro atoms. The highest BCUT2D eigenvalue weighted by Gasteiger charge is 2.14. The third-order valence-electron chi connectivity index (χ3n) is 2.71. The highest BCUT2D eigenvalue weighted by atomic mass is 16.3. The fourth-order valence-electron chi connectivity index (χ4n) is 1.81. The first kappa shape index (κ1) is 11.2. The predicted octanol–water partition coefficient (Wildman–Crippen LogP) is 1.92. The Balaban J connectivity index is 1.95. The van der Waals surface area contributed by atoms with Gasteiger partial charge in [0.15, 0.2) is 11.6 Å². The van der Waals surface area contributed by atoms with E-state index in [1.165, 1.54) is 12.3 Å². The number of carbonyl (C=O) groups is 1. The molecule has 0 atom stereocenters. The maximum absolute atomic E-state index is 12.1. The molecule has 0 saturated carbocycles. The molecule has 6 nitrogen and oxygen atoms in total. The van der Waals surface area contributed by atoms with E-state index in [1.807, 2.05) is 0 Å². The average Bonchev–Trinajstić information content (AvgIpc) is 2.85. The van der Waals surface area contributed by atoms with Crippen LogP contribution in [-0.2, 0) is 0 Å². The molecule has 0 radical (unpaired) electrons. The topological polar surface area (TPSA) is 90.9 Å². The van der Waals surface area contributed by atoms with Crippen molar-refractivity contribution in [2.45, 2.75) is 0 Å². The van der Waals surface area contributed by atoms with E-state index in [2.05, 4.69) is 20.3 Å². The number of aromatic amines is 1. The van der Waals surface area contributed by atoms with E-state index in [0.29, 0.717) is 11.2 Å². The highest BCUT2D eigenvalue weighted by molar-refractivity contribution is 6.12. The number of fused-ring (bicyclic) bond motifs is 1. The van der Waals surface area contributed by atoms with Crippen molar-refractivity contribution >= 4 is 22.8 Å². The van der Waals surface area contributed by atoms with Crippen LogP contribution < -0.4 is 5.32 Å². The minimum Gasteiger partial charge on any atom is -0.504 e. The molecule has 0 bridgehead atoms. The number of H-pyrrole nitrogens is 1. The van der Waals surface area contributed by atoms with Gasteiger partial charge >= 0.3 is 0 Å². The van der Waals surface area contributed by atoms with Gasteiger partial charge in [-0.3, -0.25) is 4.79 Å². The van der Waals surface area contributed by atoms with E-state index < -0.39 is 0 Å². The van der Waals surface area contributed by atoms with Crippen molar-refractivity contribution in [2.24, 2.45) is 0 Å². The zero-order chi connectivity index (χ0) is 13.2.